The fourth-order valence-electron chi connectivity index (χ4n) is 3.39. The van der Waals surface area contributed by atoms with E-state index in [4.69, 9.17) is 28.0 Å². The molecule has 0 bridgehead atoms. The normalized spacial score (nSPS) is 26.5. The van der Waals surface area contributed by atoms with E-state index in [1.807, 2.05) is 20.8 Å². The fourth-order valence-corrected chi connectivity index (χ4v) is 3.76. The number of benzene rings is 1. The molecule has 5 heteroatoms. The highest BCUT2D eigenvalue weighted by molar-refractivity contribution is 7.80. The number of rotatable bonds is 1. The van der Waals surface area contributed by atoms with Crippen molar-refractivity contribution in [3.63, 3.8) is 0 Å². The van der Waals surface area contributed by atoms with Gasteiger partial charge in [0, 0.05) is 11.5 Å². The molecule has 0 unspecified atom stereocenters. The number of hydrogen-bond donors (Lipinski definition) is 2. The third kappa shape index (κ3) is 2.27. The van der Waals surface area contributed by atoms with Crippen molar-refractivity contribution in [2.24, 2.45) is 11.1 Å². The van der Waals surface area contributed by atoms with Crippen LogP contribution in [0.1, 0.15) is 51.7 Å². The number of hydrogen-bond acceptors (Lipinski definition) is 4. The van der Waals surface area contributed by atoms with Gasteiger partial charge < -0.3 is 15.6 Å². The minimum Gasteiger partial charge on any atom is -0.484 e. The summed E-state index contributed by atoms with van der Waals surface area (Å²) >= 11 is 5.20. The van der Waals surface area contributed by atoms with Gasteiger partial charge in [0.05, 0.1) is 11.6 Å². The van der Waals surface area contributed by atoms with Crippen LogP contribution in [0, 0.1) is 16.7 Å². The molecule has 2 rings (SSSR count). The zero-order valence-electron chi connectivity index (χ0n) is 13.6. The summed E-state index contributed by atoms with van der Waals surface area (Å²) in [5.74, 6) is 0.273. The molecule has 1 aromatic rings. The van der Waals surface area contributed by atoms with Crippen molar-refractivity contribution in [2.45, 2.75) is 51.7 Å². The van der Waals surface area contributed by atoms with Crippen molar-refractivity contribution < 1.29 is 9.84 Å². The topological polar surface area (TPSA) is 79.3 Å². The van der Waals surface area contributed by atoms with Gasteiger partial charge in [-0.25, -0.2) is 0 Å². The Balaban J connectivity index is 2.82. The van der Waals surface area contributed by atoms with Crippen LogP contribution in [-0.4, -0.2) is 21.3 Å². The maximum absolute atomic E-state index is 11.4. The molecular formula is C17H22N2O2S. The summed E-state index contributed by atoms with van der Waals surface area (Å²) in [7, 11) is 0. The summed E-state index contributed by atoms with van der Waals surface area (Å²) in [5, 5.41) is 20.6. The van der Waals surface area contributed by atoms with E-state index in [9.17, 15) is 5.11 Å². The van der Waals surface area contributed by atoms with Gasteiger partial charge in [-0.3, -0.25) is 0 Å². The average molecular weight is 318 g/mol. The number of nitriles is 1. The predicted molar refractivity (Wildman–Crippen MR) is 89.8 cm³/mol. The lowest BCUT2D eigenvalue weighted by Crippen LogP contribution is -2.68. The Hall–Kier alpha value is -1.64. The highest BCUT2D eigenvalue weighted by atomic mass is 32.1. The number of thiocarbonyl (C=S) groups is 1. The molecule has 1 aliphatic rings. The summed E-state index contributed by atoms with van der Waals surface area (Å²) < 4.78 is 5.99. The molecule has 0 aliphatic carbocycles. The van der Waals surface area contributed by atoms with Crippen molar-refractivity contribution in [1.82, 2.24) is 0 Å². The van der Waals surface area contributed by atoms with Gasteiger partial charge in [-0.15, -0.1) is 0 Å². The van der Waals surface area contributed by atoms with Crippen LogP contribution in [-0.2, 0) is 0 Å². The van der Waals surface area contributed by atoms with E-state index in [0.717, 1.165) is 5.56 Å². The molecule has 1 aliphatic heterocycles. The van der Waals surface area contributed by atoms with Gasteiger partial charge in [0.2, 0.25) is 0 Å². The smallest absolute Gasteiger partial charge is 0.160 e. The van der Waals surface area contributed by atoms with Crippen molar-refractivity contribution in [1.29, 1.82) is 5.26 Å². The van der Waals surface area contributed by atoms with Gasteiger partial charge in [0.1, 0.15) is 16.3 Å². The Labute approximate surface area is 136 Å². The zero-order chi connectivity index (χ0) is 16.9. The van der Waals surface area contributed by atoms with Crippen molar-refractivity contribution >= 4 is 17.2 Å². The highest BCUT2D eigenvalue weighted by Crippen LogP contribution is 2.54. The zero-order valence-corrected chi connectivity index (χ0v) is 14.4. The molecular weight excluding hydrogens is 296 g/mol. The van der Waals surface area contributed by atoms with E-state index >= 15 is 0 Å². The van der Waals surface area contributed by atoms with E-state index in [2.05, 4.69) is 6.07 Å². The lowest BCUT2D eigenvalue weighted by molar-refractivity contribution is -0.118. The van der Waals surface area contributed by atoms with Crippen LogP contribution in [0.15, 0.2) is 18.2 Å². The van der Waals surface area contributed by atoms with Gasteiger partial charge >= 0.3 is 0 Å². The van der Waals surface area contributed by atoms with Gasteiger partial charge in [-0.2, -0.15) is 5.26 Å². The summed E-state index contributed by atoms with van der Waals surface area (Å²) in [6, 6.07) is 7.36. The molecule has 1 heterocycles. The van der Waals surface area contributed by atoms with Crippen molar-refractivity contribution in [3.8, 4) is 11.8 Å². The monoisotopic (exact) mass is 318 g/mol. The molecule has 4 nitrogen and oxygen atoms in total. The number of fused-ring (bicyclic) bond motifs is 1. The fraction of sp³-hybridized carbons (Fsp3) is 0.529. The first-order valence-corrected chi connectivity index (χ1v) is 7.61. The minimum atomic E-state index is -1.51. The predicted octanol–water partition coefficient (Wildman–Crippen LogP) is 2.88. The van der Waals surface area contributed by atoms with Crippen LogP contribution in [0.4, 0.5) is 0 Å². The SMILES string of the molecule is CC(C)(C)[C@H]1c2cc(C#N)ccc2OC(C)(C)[C@@]1(O)C(N)=S. The molecule has 1 aromatic carbocycles. The van der Waals surface area contributed by atoms with Crippen LogP contribution in [0.3, 0.4) is 0 Å². The first kappa shape index (κ1) is 16.7. The first-order chi connectivity index (χ1) is 9.95. The highest BCUT2D eigenvalue weighted by Gasteiger charge is 2.60. The Morgan fingerprint density at radius 2 is 2.00 bits per heavy atom. The molecule has 118 valence electrons. The van der Waals surface area contributed by atoms with Crippen LogP contribution in [0.5, 0.6) is 5.75 Å². The van der Waals surface area contributed by atoms with Crippen LogP contribution < -0.4 is 10.5 Å². The summed E-state index contributed by atoms with van der Waals surface area (Å²) in [4.78, 5) is 0.00503. The summed E-state index contributed by atoms with van der Waals surface area (Å²) in [6.07, 6.45) is 0. The second kappa shape index (κ2) is 4.94. The second-order valence-electron chi connectivity index (χ2n) is 7.41. The van der Waals surface area contributed by atoms with E-state index < -0.39 is 11.2 Å². The maximum Gasteiger partial charge on any atom is 0.160 e. The third-order valence-electron chi connectivity index (χ3n) is 4.39. The van der Waals surface area contributed by atoms with Gasteiger partial charge in [0.25, 0.3) is 0 Å². The van der Waals surface area contributed by atoms with E-state index in [1.165, 1.54) is 0 Å². The molecule has 0 radical (unpaired) electrons. The van der Waals surface area contributed by atoms with E-state index in [0.29, 0.717) is 11.3 Å². The van der Waals surface area contributed by atoms with Crippen LogP contribution in [0.25, 0.3) is 0 Å². The van der Waals surface area contributed by atoms with Gasteiger partial charge in [-0.05, 0) is 37.5 Å². The van der Waals surface area contributed by atoms with Crippen molar-refractivity contribution in [3.05, 3.63) is 29.3 Å². The number of aliphatic hydroxyl groups is 1. The largest absolute Gasteiger partial charge is 0.484 e. The average Bonchev–Trinajstić information content (AvgIpc) is 2.37. The van der Waals surface area contributed by atoms with E-state index in [-0.39, 0.29) is 16.3 Å². The standard InChI is InChI=1S/C17H22N2O2S/c1-15(2,3)13-11-8-10(9-18)6-7-12(11)21-16(4,5)17(13,20)14(19)22/h6-8,13,20H,1-5H3,(H2,19,22)/t13-,17+/m1/s1. The van der Waals surface area contributed by atoms with Crippen LogP contribution >= 0.6 is 12.2 Å². The summed E-state index contributed by atoms with van der Waals surface area (Å²) in [5.41, 5.74) is 4.39. The van der Waals surface area contributed by atoms with Gasteiger partial charge in [-0.1, -0.05) is 33.0 Å². The second-order valence-corrected chi connectivity index (χ2v) is 7.85. The molecule has 0 saturated heterocycles. The molecule has 22 heavy (non-hydrogen) atoms. The molecule has 0 amide bonds. The molecule has 0 saturated carbocycles. The quantitative estimate of drug-likeness (QED) is 0.778. The maximum atomic E-state index is 11.4. The van der Waals surface area contributed by atoms with Gasteiger partial charge in [0.15, 0.2) is 5.60 Å². The number of nitrogens with two attached hydrogens (primary N) is 1. The number of ether oxygens (including phenoxy) is 1. The minimum absolute atomic E-state index is 0.00503. The summed E-state index contributed by atoms with van der Waals surface area (Å²) in [6.45, 7) is 9.62. The van der Waals surface area contributed by atoms with Crippen molar-refractivity contribution in [2.75, 3.05) is 0 Å². The Morgan fingerprint density at radius 1 is 1.41 bits per heavy atom. The Kier molecular flexibility index (Phi) is 3.75. The van der Waals surface area contributed by atoms with E-state index in [1.54, 1.807) is 32.0 Å². The molecule has 0 spiro atoms. The Bertz CT molecular complexity index is 670. The lowest BCUT2D eigenvalue weighted by atomic mass is 9.60. The molecule has 2 atom stereocenters. The lowest BCUT2D eigenvalue weighted by Gasteiger charge is -2.54. The first-order valence-electron chi connectivity index (χ1n) is 7.20. The molecule has 0 fully saturated rings. The molecule has 3 N–H and O–H groups in total. The van der Waals surface area contributed by atoms with Crippen LogP contribution in [0.2, 0.25) is 0 Å². The molecule has 0 aromatic heterocycles. The number of nitrogens with zero attached hydrogens (tertiary/aromatic N) is 1. The third-order valence-corrected chi connectivity index (χ3v) is 4.70. The Morgan fingerprint density at radius 3 is 2.45 bits per heavy atom.